The molecule has 4 aromatic rings. The minimum Gasteiger partial charge on any atom is -0.494 e. The van der Waals surface area contributed by atoms with Crippen molar-refractivity contribution in [1.82, 2.24) is 0 Å². The Kier molecular flexibility index (Phi) is 8.51. The monoisotopic (exact) mass is 582 g/mol. The van der Waals surface area contributed by atoms with Gasteiger partial charge in [0, 0.05) is 22.2 Å². The van der Waals surface area contributed by atoms with Crippen LogP contribution in [0.25, 0.3) is 0 Å². The molecular formula is C33H27ClN2O6. The summed E-state index contributed by atoms with van der Waals surface area (Å²) in [6.45, 7) is 2.60. The molecule has 0 saturated carbocycles. The van der Waals surface area contributed by atoms with E-state index >= 15 is 0 Å². The van der Waals surface area contributed by atoms with E-state index < -0.39 is 11.9 Å². The summed E-state index contributed by atoms with van der Waals surface area (Å²) in [5.41, 5.74) is 9.02. The highest BCUT2D eigenvalue weighted by Gasteiger charge is 2.32. The van der Waals surface area contributed by atoms with Crippen molar-refractivity contribution in [3.8, 4) is 34.8 Å². The van der Waals surface area contributed by atoms with Gasteiger partial charge in [-0.05, 0) is 55.0 Å². The van der Waals surface area contributed by atoms with Gasteiger partial charge in [-0.1, -0.05) is 48.0 Å². The fraction of sp³-hybridized carbons (Fsp3) is 0.152. The van der Waals surface area contributed by atoms with E-state index in [1.807, 2.05) is 31.2 Å². The molecule has 2 N–H and O–H groups in total. The second-order valence-electron chi connectivity index (χ2n) is 9.27. The summed E-state index contributed by atoms with van der Waals surface area (Å²) in [5, 5.41) is 10.6. The zero-order valence-electron chi connectivity index (χ0n) is 22.9. The lowest BCUT2D eigenvalue weighted by molar-refractivity contribution is 0.0734. The third-order valence-corrected chi connectivity index (χ3v) is 7.01. The van der Waals surface area contributed by atoms with Crippen LogP contribution < -0.4 is 29.4 Å². The maximum absolute atomic E-state index is 12.8. The largest absolute Gasteiger partial charge is 0.494 e. The predicted molar refractivity (Wildman–Crippen MR) is 157 cm³/mol. The van der Waals surface area contributed by atoms with E-state index in [1.165, 1.54) is 0 Å². The van der Waals surface area contributed by atoms with Gasteiger partial charge >= 0.3 is 5.97 Å². The summed E-state index contributed by atoms with van der Waals surface area (Å²) < 4.78 is 28.5. The van der Waals surface area contributed by atoms with Gasteiger partial charge in [0.1, 0.15) is 35.5 Å². The molecule has 42 heavy (non-hydrogen) atoms. The standard InChI is InChI=1S/C33H27ClN2O6/c1-3-39-23-9-6-8-21(15-23)33(37)41-24-12-13-25-29(17-24)42-32(36)26(18-35)31(25)20-11-14-28(30(16-20)38-2)40-19-22-7-4-5-10-27(22)34/h4-17,31H,3,19,36H2,1-2H3. The lowest BCUT2D eigenvalue weighted by Gasteiger charge is -2.27. The van der Waals surface area contributed by atoms with E-state index in [9.17, 15) is 10.1 Å². The Balaban J connectivity index is 1.42. The van der Waals surface area contributed by atoms with Crippen LogP contribution in [0.4, 0.5) is 0 Å². The van der Waals surface area contributed by atoms with Gasteiger partial charge < -0.3 is 29.4 Å². The van der Waals surface area contributed by atoms with Gasteiger partial charge in [0.15, 0.2) is 11.5 Å². The summed E-state index contributed by atoms with van der Waals surface area (Å²) >= 11 is 6.27. The molecular weight excluding hydrogens is 556 g/mol. The average Bonchev–Trinajstić information content (AvgIpc) is 3.00. The minimum atomic E-state index is -0.558. The van der Waals surface area contributed by atoms with Crippen molar-refractivity contribution in [3.05, 3.63) is 124 Å². The molecule has 0 saturated heterocycles. The number of nitrogens with two attached hydrogens (primary N) is 1. The fourth-order valence-electron chi connectivity index (χ4n) is 4.64. The summed E-state index contributed by atoms with van der Waals surface area (Å²) in [7, 11) is 1.54. The number of halogens is 1. The Bertz CT molecular complexity index is 1710. The van der Waals surface area contributed by atoms with Gasteiger partial charge in [-0.15, -0.1) is 0 Å². The SMILES string of the molecule is CCOc1cccc(C(=O)Oc2ccc3c(c2)OC(N)=C(C#N)C3c2ccc(OCc3ccccc3Cl)c(OC)c2)c1. The Morgan fingerprint density at radius 1 is 0.976 bits per heavy atom. The van der Waals surface area contributed by atoms with Gasteiger partial charge in [-0.2, -0.15) is 5.26 Å². The number of rotatable bonds is 9. The van der Waals surface area contributed by atoms with Crippen molar-refractivity contribution < 1.29 is 28.5 Å². The molecule has 9 heteroatoms. The van der Waals surface area contributed by atoms with Crippen molar-refractivity contribution in [2.24, 2.45) is 5.73 Å². The molecule has 4 aromatic carbocycles. The first-order valence-corrected chi connectivity index (χ1v) is 13.5. The van der Waals surface area contributed by atoms with Crippen LogP contribution in [0.15, 0.2) is 96.4 Å². The van der Waals surface area contributed by atoms with Crippen LogP contribution in [0.2, 0.25) is 5.02 Å². The highest BCUT2D eigenvalue weighted by molar-refractivity contribution is 6.31. The summed E-state index contributed by atoms with van der Waals surface area (Å²) in [4.78, 5) is 12.8. The lowest BCUT2D eigenvalue weighted by Crippen LogP contribution is -2.21. The first-order valence-electron chi connectivity index (χ1n) is 13.1. The smallest absolute Gasteiger partial charge is 0.343 e. The van der Waals surface area contributed by atoms with E-state index in [4.69, 9.17) is 41.0 Å². The molecule has 0 aliphatic carbocycles. The van der Waals surface area contributed by atoms with E-state index in [0.29, 0.717) is 45.8 Å². The summed E-state index contributed by atoms with van der Waals surface area (Å²) in [5.74, 6) is 1.03. The highest BCUT2D eigenvalue weighted by atomic mass is 35.5. The third kappa shape index (κ3) is 5.97. The Hall–Kier alpha value is -5.13. The zero-order valence-corrected chi connectivity index (χ0v) is 23.7. The Morgan fingerprint density at radius 2 is 1.81 bits per heavy atom. The van der Waals surface area contributed by atoms with Crippen LogP contribution in [-0.2, 0) is 6.61 Å². The van der Waals surface area contributed by atoms with Crippen LogP contribution in [-0.4, -0.2) is 19.7 Å². The molecule has 0 spiro atoms. The number of nitrogens with zero attached hydrogens (tertiary/aromatic N) is 1. The number of methoxy groups -OCH3 is 1. The van der Waals surface area contributed by atoms with Crippen molar-refractivity contribution in [3.63, 3.8) is 0 Å². The summed E-state index contributed by atoms with van der Waals surface area (Å²) in [6.07, 6.45) is 0. The molecule has 1 aliphatic heterocycles. The zero-order chi connectivity index (χ0) is 29.6. The van der Waals surface area contributed by atoms with E-state index in [2.05, 4.69) is 6.07 Å². The van der Waals surface area contributed by atoms with E-state index in [-0.39, 0.29) is 23.8 Å². The molecule has 5 rings (SSSR count). The second kappa shape index (κ2) is 12.6. The van der Waals surface area contributed by atoms with E-state index in [0.717, 1.165) is 11.1 Å². The summed E-state index contributed by atoms with van der Waals surface area (Å²) in [6, 6.07) is 26.7. The van der Waals surface area contributed by atoms with Crippen LogP contribution >= 0.6 is 11.6 Å². The molecule has 1 unspecified atom stereocenters. The molecule has 8 nitrogen and oxygen atoms in total. The molecule has 0 bridgehead atoms. The number of carbonyl (C=O) groups excluding carboxylic acids is 1. The number of nitriles is 1. The number of esters is 1. The molecule has 1 heterocycles. The van der Waals surface area contributed by atoms with Crippen LogP contribution in [0.3, 0.4) is 0 Å². The number of fused-ring (bicyclic) bond motifs is 1. The van der Waals surface area contributed by atoms with Crippen molar-refractivity contribution in [1.29, 1.82) is 5.26 Å². The van der Waals surface area contributed by atoms with Crippen molar-refractivity contribution >= 4 is 17.6 Å². The van der Waals surface area contributed by atoms with Crippen LogP contribution in [0.5, 0.6) is 28.7 Å². The van der Waals surface area contributed by atoms with Crippen LogP contribution in [0.1, 0.15) is 39.9 Å². The first-order chi connectivity index (χ1) is 20.4. The van der Waals surface area contributed by atoms with Gasteiger partial charge in [0.05, 0.1) is 25.2 Å². The van der Waals surface area contributed by atoms with Crippen LogP contribution in [0, 0.1) is 11.3 Å². The number of allylic oxidation sites excluding steroid dienone is 1. The molecule has 212 valence electrons. The number of benzene rings is 4. The molecule has 0 aromatic heterocycles. The highest BCUT2D eigenvalue weighted by Crippen LogP contribution is 2.45. The number of carbonyl (C=O) groups is 1. The minimum absolute atomic E-state index is 0.0408. The Morgan fingerprint density at radius 3 is 2.57 bits per heavy atom. The predicted octanol–water partition coefficient (Wildman–Crippen LogP) is 6.76. The molecule has 0 amide bonds. The van der Waals surface area contributed by atoms with Gasteiger partial charge in [-0.3, -0.25) is 0 Å². The third-order valence-electron chi connectivity index (χ3n) is 6.64. The van der Waals surface area contributed by atoms with Gasteiger partial charge in [0.25, 0.3) is 0 Å². The normalized spacial score (nSPS) is 13.8. The lowest BCUT2D eigenvalue weighted by atomic mass is 9.83. The maximum atomic E-state index is 12.8. The molecule has 1 atom stereocenters. The first kappa shape index (κ1) is 28.4. The van der Waals surface area contributed by atoms with Crippen molar-refractivity contribution in [2.75, 3.05) is 13.7 Å². The topological polar surface area (TPSA) is 113 Å². The second-order valence-corrected chi connectivity index (χ2v) is 9.67. The van der Waals surface area contributed by atoms with Crippen molar-refractivity contribution in [2.45, 2.75) is 19.4 Å². The fourth-order valence-corrected chi connectivity index (χ4v) is 4.83. The van der Waals surface area contributed by atoms with Gasteiger partial charge in [0.2, 0.25) is 5.88 Å². The van der Waals surface area contributed by atoms with Gasteiger partial charge in [-0.25, -0.2) is 4.79 Å². The molecule has 1 aliphatic rings. The Labute approximate surface area is 248 Å². The number of hydrogen-bond acceptors (Lipinski definition) is 8. The molecule has 0 fully saturated rings. The quantitative estimate of drug-likeness (QED) is 0.170. The number of ether oxygens (including phenoxy) is 5. The van der Waals surface area contributed by atoms with E-state index in [1.54, 1.807) is 67.8 Å². The average molecular weight is 583 g/mol. The number of hydrogen-bond donors (Lipinski definition) is 1. The maximum Gasteiger partial charge on any atom is 0.343 e. The molecule has 0 radical (unpaired) electrons.